The van der Waals surface area contributed by atoms with Gasteiger partial charge in [-0.05, 0) is 13.8 Å². The normalized spacial score (nSPS) is 21.4. The highest BCUT2D eigenvalue weighted by Gasteiger charge is 2.39. The summed E-state index contributed by atoms with van der Waals surface area (Å²) in [6, 6.07) is -0.144. The minimum absolute atomic E-state index is 0.144. The third-order valence-electron chi connectivity index (χ3n) is 3.06. The van der Waals surface area contributed by atoms with Gasteiger partial charge in [-0.2, -0.15) is 5.10 Å². The Hall–Kier alpha value is -0.980. The van der Waals surface area contributed by atoms with Crippen LogP contribution in [-0.4, -0.2) is 35.0 Å². The molecule has 0 bridgehead atoms. The number of nitrogens with two attached hydrogens (primary N) is 1. The molecule has 0 spiro atoms. The van der Waals surface area contributed by atoms with Crippen molar-refractivity contribution in [2.75, 3.05) is 19.8 Å². The van der Waals surface area contributed by atoms with Crippen molar-refractivity contribution in [3.05, 3.63) is 11.6 Å². The van der Waals surface area contributed by atoms with Gasteiger partial charge in [-0.3, -0.25) is 5.10 Å². The molecular weight excluding hydrogens is 220 g/mol. The first-order valence-electron chi connectivity index (χ1n) is 6.08. The maximum atomic E-state index is 5.88. The predicted octanol–water partition coefficient (Wildman–Crippen LogP) is 0.867. The number of hydrogen-bond acceptors (Lipinski definition) is 5. The van der Waals surface area contributed by atoms with Gasteiger partial charge >= 0.3 is 0 Å². The SMILES string of the molecule is CCOC1(c2n[nH]c(C(C)N)n2)CCOCC1. The highest BCUT2D eigenvalue weighted by atomic mass is 16.5. The van der Waals surface area contributed by atoms with E-state index in [1.54, 1.807) is 0 Å². The maximum absolute atomic E-state index is 5.88. The van der Waals surface area contributed by atoms with Crippen LogP contribution in [0, 0.1) is 0 Å². The minimum atomic E-state index is -0.406. The van der Waals surface area contributed by atoms with Gasteiger partial charge in [-0.1, -0.05) is 0 Å². The van der Waals surface area contributed by atoms with Gasteiger partial charge in [0.05, 0.1) is 6.04 Å². The van der Waals surface area contributed by atoms with Crippen molar-refractivity contribution in [1.82, 2.24) is 15.2 Å². The molecule has 2 heterocycles. The number of aromatic amines is 1. The van der Waals surface area contributed by atoms with Crippen LogP contribution < -0.4 is 5.73 Å². The quantitative estimate of drug-likeness (QED) is 0.815. The van der Waals surface area contributed by atoms with Crippen molar-refractivity contribution in [2.24, 2.45) is 5.73 Å². The fraction of sp³-hybridized carbons (Fsp3) is 0.818. The summed E-state index contributed by atoms with van der Waals surface area (Å²) >= 11 is 0. The van der Waals surface area contributed by atoms with Gasteiger partial charge in [0.1, 0.15) is 11.4 Å². The second kappa shape index (κ2) is 5.12. The van der Waals surface area contributed by atoms with Gasteiger partial charge in [0, 0.05) is 32.7 Å². The molecule has 96 valence electrons. The Labute approximate surface area is 101 Å². The summed E-state index contributed by atoms with van der Waals surface area (Å²) in [5.41, 5.74) is 5.37. The fourth-order valence-electron chi connectivity index (χ4n) is 2.09. The van der Waals surface area contributed by atoms with E-state index in [9.17, 15) is 0 Å². The standard InChI is InChI=1S/C11H20N4O2/c1-3-17-11(4-6-16-7-5-11)10-13-9(8(2)12)14-15-10/h8H,3-7,12H2,1-2H3,(H,13,14,15). The highest BCUT2D eigenvalue weighted by molar-refractivity contribution is 5.06. The molecule has 1 aliphatic heterocycles. The van der Waals surface area contributed by atoms with E-state index >= 15 is 0 Å². The number of nitrogens with one attached hydrogen (secondary N) is 1. The Bertz CT molecular complexity index is 353. The van der Waals surface area contributed by atoms with Crippen molar-refractivity contribution >= 4 is 0 Å². The molecule has 1 atom stereocenters. The van der Waals surface area contributed by atoms with E-state index in [1.165, 1.54) is 0 Å². The molecule has 1 aromatic heterocycles. The molecule has 0 aromatic carbocycles. The van der Waals surface area contributed by atoms with Crippen molar-refractivity contribution in [3.63, 3.8) is 0 Å². The lowest BCUT2D eigenvalue weighted by molar-refractivity contribution is -0.117. The van der Waals surface area contributed by atoms with Crippen LogP contribution in [0.3, 0.4) is 0 Å². The van der Waals surface area contributed by atoms with Gasteiger partial charge in [0.15, 0.2) is 5.82 Å². The van der Waals surface area contributed by atoms with Gasteiger partial charge in [-0.15, -0.1) is 0 Å². The van der Waals surface area contributed by atoms with Crippen molar-refractivity contribution in [1.29, 1.82) is 0 Å². The summed E-state index contributed by atoms with van der Waals surface area (Å²) < 4.78 is 11.3. The second-order valence-corrected chi connectivity index (χ2v) is 4.37. The lowest BCUT2D eigenvalue weighted by Crippen LogP contribution is -2.37. The Balaban J connectivity index is 2.24. The van der Waals surface area contributed by atoms with Crippen LogP contribution in [0.2, 0.25) is 0 Å². The van der Waals surface area contributed by atoms with Crippen LogP contribution in [0.15, 0.2) is 0 Å². The zero-order valence-corrected chi connectivity index (χ0v) is 10.4. The lowest BCUT2D eigenvalue weighted by atomic mass is 9.93. The van der Waals surface area contributed by atoms with Crippen molar-refractivity contribution < 1.29 is 9.47 Å². The topological polar surface area (TPSA) is 86.0 Å². The minimum Gasteiger partial charge on any atom is -0.381 e. The summed E-state index contributed by atoms with van der Waals surface area (Å²) in [5.74, 6) is 1.40. The summed E-state index contributed by atoms with van der Waals surface area (Å²) in [5, 5.41) is 7.13. The molecule has 2 rings (SSSR count). The van der Waals surface area contributed by atoms with Crippen LogP contribution in [0.4, 0.5) is 0 Å². The maximum Gasteiger partial charge on any atom is 0.182 e. The van der Waals surface area contributed by atoms with Crippen LogP contribution in [0.1, 0.15) is 44.4 Å². The molecule has 1 fully saturated rings. The van der Waals surface area contributed by atoms with Crippen LogP contribution >= 0.6 is 0 Å². The zero-order valence-electron chi connectivity index (χ0n) is 10.4. The van der Waals surface area contributed by atoms with Gasteiger partial charge in [0.25, 0.3) is 0 Å². The van der Waals surface area contributed by atoms with Crippen molar-refractivity contribution in [3.8, 4) is 0 Å². The Kier molecular flexibility index (Phi) is 3.76. The van der Waals surface area contributed by atoms with E-state index in [-0.39, 0.29) is 6.04 Å². The third kappa shape index (κ3) is 2.48. The average Bonchev–Trinajstić information content (AvgIpc) is 2.80. The van der Waals surface area contributed by atoms with E-state index in [0.29, 0.717) is 31.5 Å². The average molecular weight is 240 g/mol. The first kappa shape index (κ1) is 12.5. The molecule has 0 saturated carbocycles. The van der Waals surface area contributed by atoms with Gasteiger partial charge in [-0.25, -0.2) is 4.98 Å². The molecule has 0 amide bonds. The molecule has 6 heteroatoms. The first-order chi connectivity index (χ1) is 8.18. The van der Waals surface area contributed by atoms with Crippen molar-refractivity contribution in [2.45, 2.75) is 38.3 Å². The number of aromatic nitrogens is 3. The van der Waals surface area contributed by atoms with Crippen LogP contribution in [0.25, 0.3) is 0 Å². The molecule has 1 unspecified atom stereocenters. The molecule has 0 radical (unpaired) electrons. The van der Waals surface area contributed by atoms with Gasteiger partial charge in [0.2, 0.25) is 0 Å². The largest absolute Gasteiger partial charge is 0.381 e. The summed E-state index contributed by atoms with van der Waals surface area (Å²) in [6.45, 7) is 5.87. The Morgan fingerprint density at radius 3 is 2.76 bits per heavy atom. The molecule has 17 heavy (non-hydrogen) atoms. The molecule has 3 N–H and O–H groups in total. The molecule has 0 aliphatic carbocycles. The number of ether oxygens (including phenoxy) is 2. The van der Waals surface area contributed by atoms with E-state index in [0.717, 1.165) is 12.8 Å². The highest BCUT2D eigenvalue weighted by Crippen LogP contribution is 2.34. The summed E-state index contributed by atoms with van der Waals surface area (Å²) in [4.78, 5) is 4.45. The number of rotatable bonds is 4. The summed E-state index contributed by atoms with van der Waals surface area (Å²) in [6.07, 6.45) is 1.58. The zero-order chi connectivity index (χ0) is 12.3. The predicted molar refractivity (Wildman–Crippen MR) is 62.3 cm³/mol. The molecule has 1 aromatic rings. The summed E-state index contributed by atoms with van der Waals surface area (Å²) in [7, 11) is 0. The van der Waals surface area contributed by atoms with Crippen LogP contribution in [-0.2, 0) is 15.1 Å². The molecular formula is C11H20N4O2. The van der Waals surface area contributed by atoms with Crippen LogP contribution in [0.5, 0.6) is 0 Å². The van der Waals surface area contributed by atoms with E-state index in [1.807, 2.05) is 13.8 Å². The molecule has 1 saturated heterocycles. The van der Waals surface area contributed by atoms with E-state index in [4.69, 9.17) is 15.2 Å². The molecule has 1 aliphatic rings. The second-order valence-electron chi connectivity index (χ2n) is 4.37. The van der Waals surface area contributed by atoms with Gasteiger partial charge < -0.3 is 15.2 Å². The number of H-pyrrole nitrogens is 1. The third-order valence-corrected chi connectivity index (χ3v) is 3.06. The van der Waals surface area contributed by atoms with E-state index < -0.39 is 5.60 Å². The Morgan fingerprint density at radius 1 is 1.53 bits per heavy atom. The number of hydrogen-bond donors (Lipinski definition) is 2. The number of nitrogens with zero attached hydrogens (tertiary/aromatic N) is 2. The first-order valence-corrected chi connectivity index (χ1v) is 6.08. The fourth-order valence-corrected chi connectivity index (χ4v) is 2.09. The monoisotopic (exact) mass is 240 g/mol. The van der Waals surface area contributed by atoms with E-state index in [2.05, 4.69) is 15.2 Å². The lowest BCUT2D eigenvalue weighted by Gasteiger charge is -2.34. The Morgan fingerprint density at radius 2 is 2.24 bits per heavy atom. The molecule has 6 nitrogen and oxygen atoms in total. The smallest absolute Gasteiger partial charge is 0.182 e.